The molecule has 25 N–H and O–H groups in total. The number of nitrogens with two attached hydrogens (primary N) is 2. The number of allylic oxidation sites excluding steroid dienone is 2. The number of halogens is 2. The number of ether oxygens (including phenoxy) is 1. The molecule has 0 unspecified atom stereocenters. The number of hydrogen-bond donors (Lipinski definition) is 23. The van der Waals surface area contributed by atoms with Gasteiger partial charge in [-0.2, -0.15) is 0 Å². The highest BCUT2D eigenvalue weighted by atomic mass is 79.9. The number of rotatable bonds is 17. The predicted octanol–water partition coefficient (Wildman–Crippen LogP) is -10.8. The number of fused-ring (bicyclic) bond motifs is 2. The summed E-state index contributed by atoms with van der Waals surface area (Å²) in [6.07, 6.45) is -17.1. The van der Waals surface area contributed by atoms with E-state index >= 15 is 9.59 Å². The van der Waals surface area contributed by atoms with Crippen LogP contribution in [-0.2, 0) is 102 Å². The molecular weight excluding hydrogens is 1690 g/mol. The second-order valence-corrected chi connectivity index (χ2v) is 30.0. The summed E-state index contributed by atoms with van der Waals surface area (Å²) in [5, 5.41) is 141. The van der Waals surface area contributed by atoms with Gasteiger partial charge in [0.05, 0.1) is 69.0 Å². The zero-order valence-corrected chi connectivity index (χ0v) is 66.5. The Bertz CT molecular complexity index is 4350. The fourth-order valence-electron chi connectivity index (χ4n) is 12.5. The van der Waals surface area contributed by atoms with Gasteiger partial charge in [-0.3, -0.25) is 67.1 Å². The summed E-state index contributed by atoms with van der Waals surface area (Å²) in [5.74, 6) is -21.5. The first-order valence-electron chi connectivity index (χ1n) is 36.8. The number of carbonyl (C=O) groups excluding carboxylic acids is 15. The number of aromatic nitrogens is 2. The van der Waals surface area contributed by atoms with Crippen LogP contribution < -0.4 is 84.9 Å². The molecule has 0 aliphatic carbocycles. The maximum atomic E-state index is 15.3. The van der Waals surface area contributed by atoms with Gasteiger partial charge in [-0.25, -0.2) is 9.13 Å². The molecule has 640 valence electrons. The molecule has 42 nitrogen and oxygen atoms in total. The first-order chi connectivity index (χ1) is 55.8. The minimum atomic E-state index is -2.72. The molecule has 19 atom stereocenters. The molecule has 7 rings (SSSR count). The molecule has 3 aromatic carbocycles. The lowest BCUT2D eigenvalue weighted by Crippen LogP contribution is -2.63. The number of carboxylic acids is 1. The van der Waals surface area contributed by atoms with Gasteiger partial charge < -0.3 is 136 Å². The first kappa shape index (κ1) is 94.1. The van der Waals surface area contributed by atoms with Crippen molar-refractivity contribution in [1.29, 1.82) is 0 Å². The molecule has 1 aromatic heterocycles. The molecule has 4 heterocycles. The lowest BCUT2D eigenvalue weighted by Gasteiger charge is -2.33. The van der Waals surface area contributed by atoms with Crippen molar-refractivity contribution >= 4 is 127 Å². The third-order valence-electron chi connectivity index (χ3n) is 18.8. The van der Waals surface area contributed by atoms with Crippen LogP contribution in [0.2, 0.25) is 0 Å². The maximum absolute atomic E-state index is 15.3. The molecule has 14 amide bonds. The summed E-state index contributed by atoms with van der Waals surface area (Å²) in [7, 11) is 0. The van der Waals surface area contributed by atoms with E-state index in [2.05, 4.69) is 90.3 Å². The SMILES string of the molecule is CC(/C=C/c1ccc(Br)cc1)=C\[C@H](O)[C@@H]1CC(=O)N[C@@H](CO)C(=O)N[C@@H]2Cn3cc([n+]([C@H]4OC[C@H](O)[C@H](O)[C@H]4O)c3)C[C@H](NC(=O)C[C@H](O)C[C@@H](C(=O)[O-])NC(=O)CCNC(=O)[C@H](Cc3ccc(Br)cc3)NC(=O)[C@H]([C@@H](O)C(N)=O)NC(=O)[C@H](CC(N)=O)NC2=O)C(=O)N[C@@H]([C@H](C)O)C(=O)N[C@@H](CO)C(=O)N[C@@H](Cc2ccccc2)C(=O)N1. The Morgan fingerprint density at radius 2 is 1.14 bits per heavy atom. The fourth-order valence-corrected chi connectivity index (χ4v) is 13.0. The number of aliphatic carboxylic acids is 1. The first-order valence-corrected chi connectivity index (χ1v) is 38.4. The third kappa shape index (κ3) is 28.1. The van der Waals surface area contributed by atoms with E-state index in [0.717, 1.165) is 33.1 Å². The summed E-state index contributed by atoms with van der Waals surface area (Å²) >= 11 is 6.64. The smallest absolute Gasteiger partial charge is 0.248 e. The van der Waals surface area contributed by atoms with E-state index in [4.69, 9.17) is 16.2 Å². The van der Waals surface area contributed by atoms with Crippen LogP contribution >= 0.6 is 31.9 Å². The Labute approximate surface area is 689 Å². The molecule has 4 aromatic rings. The number of nitrogens with one attached hydrogen (secondary N) is 12. The number of imidazole rings is 1. The Hall–Kier alpha value is -11.0. The molecule has 3 aliphatic rings. The number of carbonyl (C=O) groups is 15. The van der Waals surface area contributed by atoms with Crippen LogP contribution in [0.25, 0.3) is 6.08 Å². The van der Waals surface area contributed by atoms with Crippen molar-refractivity contribution in [3.63, 3.8) is 0 Å². The minimum Gasteiger partial charge on any atom is -0.548 e. The van der Waals surface area contributed by atoms with Crippen LogP contribution in [0.4, 0.5) is 0 Å². The topological polar surface area (TPSA) is 676 Å². The zero-order valence-electron chi connectivity index (χ0n) is 63.3. The van der Waals surface area contributed by atoms with Crippen molar-refractivity contribution < 1.29 is 132 Å². The minimum absolute atomic E-state index is 0.322. The summed E-state index contributed by atoms with van der Waals surface area (Å²) in [6.45, 7) is -2.54. The van der Waals surface area contributed by atoms with Crippen molar-refractivity contribution in [2.24, 2.45) is 11.5 Å². The van der Waals surface area contributed by atoms with Gasteiger partial charge in [0, 0.05) is 47.6 Å². The quantitative estimate of drug-likeness (QED) is 0.0345. The van der Waals surface area contributed by atoms with Gasteiger partial charge in [0.2, 0.25) is 95.3 Å². The van der Waals surface area contributed by atoms with Gasteiger partial charge in [0.25, 0.3) is 0 Å². The van der Waals surface area contributed by atoms with E-state index in [1.165, 1.54) is 30.3 Å². The molecule has 1 saturated heterocycles. The lowest BCUT2D eigenvalue weighted by molar-refractivity contribution is -0.780. The fraction of sp³-hybridized carbons (Fsp3) is 0.459. The monoisotopic (exact) mass is 1780 g/mol. The standard InChI is InChI=1S/C74H94Br2N16O26/c1-34(8-9-36-10-14-39(75)15-11-36)20-52(97)43-27-57(102)82-50(30-93)69(112)87-49-29-91-28-41(92(33-91)73-62(105)60(103)53(98)32-118-73)23-46(66(109)89-58(35(2)95)71(114)88-51(31-94)70(113)84-45(65(108)83-43)21-37-6-4-3-5-7-37)80-56(101)25-42(96)24-48(74(116)117)81-55(100)18-19-79-64(107)44(22-38-12-16-40(76)17-13-38)86-72(115)59(61(104)63(78)106)90-67(110)47(26-54(77)99)85-68(49)111/h3-17,20,28,33,35,42-53,58-62,73,93-98,103-105H,18-19,21-27,29-32H2,1-2H3,(H16-,77,78,79,80,81,82,83,84,85,86,87,88,89,90,99,100,101,102,106,107,108,109,110,111,112,113,114,115,116,117)/b9-8+,34-20+/t35-,42+,43-,44-,45-,46-,47-,48-,49+,50-,51-,52-,53-,58-,59-,60-,61+,62+,73-/m0/s1. The van der Waals surface area contributed by atoms with Crippen LogP contribution in [0.15, 0.2) is 118 Å². The number of hydrogen-bond acceptors (Lipinski definition) is 26. The summed E-state index contributed by atoms with van der Waals surface area (Å²) in [5.41, 5.74) is 12.4. The number of aliphatic hydroxyl groups is 9. The van der Waals surface area contributed by atoms with Gasteiger partial charge in [-0.1, -0.05) is 110 Å². The van der Waals surface area contributed by atoms with E-state index < -0.39 is 288 Å². The van der Waals surface area contributed by atoms with Gasteiger partial charge in [0.15, 0.2) is 6.10 Å². The van der Waals surface area contributed by atoms with Crippen LogP contribution in [-0.4, -0.2) is 275 Å². The Morgan fingerprint density at radius 3 is 1.76 bits per heavy atom. The molecule has 44 heteroatoms. The largest absolute Gasteiger partial charge is 0.548 e. The number of amides is 14. The molecule has 0 saturated carbocycles. The van der Waals surface area contributed by atoms with E-state index in [1.807, 2.05) is 5.32 Å². The van der Waals surface area contributed by atoms with E-state index in [9.17, 15) is 113 Å². The van der Waals surface area contributed by atoms with Crippen molar-refractivity contribution in [3.05, 3.63) is 140 Å². The third-order valence-corrected chi connectivity index (χ3v) is 19.8. The molecule has 0 radical (unpaired) electrons. The summed E-state index contributed by atoms with van der Waals surface area (Å²) in [4.78, 5) is 213. The second kappa shape index (κ2) is 44.5. The van der Waals surface area contributed by atoms with Gasteiger partial charge >= 0.3 is 0 Å². The highest BCUT2D eigenvalue weighted by Gasteiger charge is 2.46. The summed E-state index contributed by atoms with van der Waals surface area (Å²) in [6, 6.07) is -2.34. The van der Waals surface area contributed by atoms with Gasteiger partial charge in [-0.15, -0.1) is 0 Å². The van der Waals surface area contributed by atoms with Crippen LogP contribution in [0.5, 0.6) is 0 Å². The molecular formula is C74H94Br2N16O26. The number of primary amides is 2. The van der Waals surface area contributed by atoms with Crippen LogP contribution in [0.3, 0.4) is 0 Å². The predicted molar refractivity (Wildman–Crippen MR) is 411 cm³/mol. The maximum Gasteiger partial charge on any atom is 0.248 e. The average Bonchev–Trinajstić information content (AvgIpc) is 1.62. The Morgan fingerprint density at radius 1 is 0.602 bits per heavy atom. The number of aliphatic hydroxyl groups excluding tert-OH is 9. The van der Waals surface area contributed by atoms with Crippen molar-refractivity contribution in [2.45, 2.75) is 187 Å². The highest BCUT2D eigenvalue weighted by Crippen LogP contribution is 2.23. The lowest BCUT2D eigenvalue weighted by atomic mass is 10.0. The molecule has 0 spiro atoms. The Balaban J connectivity index is 1.43. The van der Waals surface area contributed by atoms with E-state index in [1.54, 1.807) is 73.7 Å². The zero-order chi connectivity index (χ0) is 86.9. The highest BCUT2D eigenvalue weighted by molar-refractivity contribution is 9.10. The number of nitrogens with zero attached hydrogens (tertiary/aromatic N) is 2. The second-order valence-electron chi connectivity index (χ2n) is 28.2. The molecule has 3 aliphatic heterocycles. The summed E-state index contributed by atoms with van der Waals surface area (Å²) < 4.78 is 8.99. The molecule has 1 fully saturated rings. The molecule has 4 bridgehead atoms. The normalized spacial score (nSPS) is 27.7. The van der Waals surface area contributed by atoms with E-state index in [-0.39, 0.29) is 5.69 Å². The molecule has 118 heavy (non-hydrogen) atoms. The van der Waals surface area contributed by atoms with Crippen LogP contribution in [0.1, 0.15) is 74.6 Å². The number of benzene rings is 3. The van der Waals surface area contributed by atoms with Gasteiger partial charge in [0.1, 0.15) is 91.1 Å². The van der Waals surface area contributed by atoms with Crippen molar-refractivity contribution in [2.75, 3.05) is 26.4 Å². The Kier molecular flexibility index (Phi) is 35.5. The number of carboxylic acid groups (broad SMARTS) is 1. The van der Waals surface area contributed by atoms with Crippen molar-refractivity contribution in [3.8, 4) is 0 Å². The van der Waals surface area contributed by atoms with E-state index in [0.29, 0.717) is 26.7 Å². The van der Waals surface area contributed by atoms with Crippen molar-refractivity contribution in [1.82, 2.24) is 68.4 Å². The van der Waals surface area contributed by atoms with Gasteiger partial charge in [-0.05, 0) is 61.2 Å². The van der Waals surface area contributed by atoms with Crippen LogP contribution in [0, 0.1) is 0 Å². The average molecular weight is 1780 g/mol.